The topological polar surface area (TPSA) is 56.1 Å². The van der Waals surface area contributed by atoms with Gasteiger partial charge in [0.1, 0.15) is 0 Å². The van der Waals surface area contributed by atoms with Gasteiger partial charge in [0.05, 0.1) is 13.1 Å². The largest absolute Gasteiger partial charge is 0.357 e. The Morgan fingerprint density at radius 2 is 2.04 bits per heavy atom. The first-order valence-corrected chi connectivity index (χ1v) is 9.08. The van der Waals surface area contributed by atoms with Crippen molar-refractivity contribution in [1.29, 1.82) is 0 Å². The molecule has 1 aliphatic heterocycles. The maximum absolute atomic E-state index is 11.4. The van der Waals surface area contributed by atoms with Crippen LogP contribution >= 0.6 is 0 Å². The van der Waals surface area contributed by atoms with E-state index in [2.05, 4.69) is 59.0 Å². The van der Waals surface area contributed by atoms with Crippen molar-refractivity contribution in [3.63, 3.8) is 0 Å². The van der Waals surface area contributed by atoms with Crippen molar-refractivity contribution >= 4 is 11.9 Å². The van der Waals surface area contributed by atoms with Gasteiger partial charge in [-0.3, -0.25) is 14.7 Å². The Balaban J connectivity index is 1.83. The highest BCUT2D eigenvalue weighted by Crippen LogP contribution is 2.04. The third-order valence-corrected chi connectivity index (χ3v) is 4.64. The van der Waals surface area contributed by atoms with Gasteiger partial charge in [-0.2, -0.15) is 0 Å². The summed E-state index contributed by atoms with van der Waals surface area (Å²) in [5.41, 5.74) is 1.26. The molecule has 1 N–H and O–H groups in total. The van der Waals surface area contributed by atoms with E-state index in [0.717, 1.165) is 58.3 Å². The summed E-state index contributed by atoms with van der Waals surface area (Å²) in [5, 5.41) is 3.37. The first-order valence-electron chi connectivity index (χ1n) is 9.08. The van der Waals surface area contributed by atoms with E-state index in [9.17, 15) is 4.79 Å². The van der Waals surface area contributed by atoms with Crippen molar-refractivity contribution in [2.45, 2.75) is 20.4 Å². The van der Waals surface area contributed by atoms with Gasteiger partial charge in [0.2, 0.25) is 5.91 Å². The van der Waals surface area contributed by atoms with Crippen LogP contribution in [0.25, 0.3) is 0 Å². The summed E-state index contributed by atoms with van der Waals surface area (Å²) in [4.78, 5) is 22.6. The minimum absolute atomic E-state index is 0.175. The highest BCUT2D eigenvalue weighted by atomic mass is 16.2. The van der Waals surface area contributed by atoms with Crippen LogP contribution in [-0.2, 0) is 18.4 Å². The quantitative estimate of drug-likeness (QED) is 0.604. The molecule has 1 aromatic rings. The summed E-state index contributed by atoms with van der Waals surface area (Å²) < 4.78 is 2.13. The zero-order chi connectivity index (χ0) is 18.2. The summed E-state index contributed by atoms with van der Waals surface area (Å²) in [6.45, 7) is 10.6. The average Bonchev–Trinajstić information content (AvgIpc) is 2.99. The Morgan fingerprint density at radius 1 is 1.32 bits per heavy atom. The Labute approximate surface area is 151 Å². The number of hydrogen-bond donors (Lipinski definition) is 1. The second-order valence-corrected chi connectivity index (χ2v) is 6.55. The fraction of sp³-hybridized carbons (Fsp3) is 0.667. The van der Waals surface area contributed by atoms with E-state index in [1.165, 1.54) is 5.69 Å². The zero-order valence-electron chi connectivity index (χ0n) is 16.0. The molecule has 7 nitrogen and oxygen atoms in total. The summed E-state index contributed by atoms with van der Waals surface area (Å²) in [5.74, 6) is 1.11. The van der Waals surface area contributed by atoms with Crippen molar-refractivity contribution in [2.24, 2.45) is 12.0 Å². The van der Waals surface area contributed by atoms with Crippen LogP contribution in [0.2, 0.25) is 0 Å². The first-order chi connectivity index (χ1) is 12.0. The van der Waals surface area contributed by atoms with Crippen molar-refractivity contribution < 1.29 is 4.79 Å². The average molecular weight is 348 g/mol. The molecule has 2 heterocycles. The number of hydrogen-bond acceptors (Lipinski definition) is 3. The number of rotatable bonds is 6. The van der Waals surface area contributed by atoms with Crippen LogP contribution < -0.4 is 5.32 Å². The smallest absolute Gasteiger partial charge is 0.219 e. The highest BCUT2D eigenvalue weighted by Gasteiger charge is 2.18. The van der Waals surface area contributed by atoms with Crippen LogP contribution in [0.15, 0.2) is 23.3 Å². The number of piperazine rings is 1. The molecule has 1 saturated heterocycles. The Kier molecular flexibility index (Phi) is 7.31. The predicted octanol–water partition coefficient (Wildman–Crippen LogP) is 0.587. The fourth-order valence-corrected chi connectivity index (χ4v) is 3.03. The second kappa shape index (κ2) is 9.46. The van der Waals surface area contributed by atoms with Gasteiger partial charge < -0.3 is 19.7 Å². The van der Waals surface area contributed by atoms with E-state index in [-0.39, 0.29) is 5.91 Å². The van der Waals surface area contributed by atoms with Crippen LogP contribution in [0.3, 0.4) is 0 Å². The molecule has 1 aromatic heterocycles. The SMILES string of the molecule is CCNC(=NCCN1CCN(C(C)=O)CC1)N(C)Cc1cccn1C. The Bertz CT molecular complexity index is 574. The van der Waals surface area contributed by atoms with Gasteiger partial charge in [0, 0.05) is 72.2 Å². The number of amides is 1. The van der Waals surface area contributed by atoms with Crippen molar-refractivity contribution in [2.75, 3.05) is 52.9 Å². The minimum Gasteiger partial charge on any atom is -0.357 e. The molecule has 0 radical (unpaired) electrons. The van der Waals surface area contributed by atoms with Crippen LogP contribution in [0.5, 0.6) is 0 Å². The molecule has 2 rings (SSSR count). The van der Waals surface area contributed by atoms with Gasteiger partial charge in [-0.05, 0) is 19.1 Å². The van der Waals surface area contributed by atoms with Crippen LogP contribution in [0, 0.1) is 0 Å². The maximum Gasteiger partial charge on any atom is 0.219 e. The zero-order valence-corrected chi connectivity index (χ0v) is 16.0. The summed E-state index contributed by atoms with van der Waals surface area (Å²) >= 11 is 0. The monoisotopic (exact) mass is 348 g/mol. The number of carbonyl (C=O) groups excluding carboxylic acids is 1. The minimum atomic E-state index is 0.175. The molecule has 25 heavy (non-hydrogen) atoms. The van der Waals surface area contributed by atoms with E-state index in [0.29, 0.717) is 0 Å². The van der Waals surface area contributed by atoms with Gasteiger partial charge in [-0.25, -0.2) is 0 Å². The van der Waals surface area contributed by atoms with Gasteiger partial charge in [-0.15, -0.1) is 0 Å². The van der Waals surface area contributed by atoms with E-state index < -0.39 is 0 Å². The van der Waals surface area contributed by atoms with E-state index in [1.54, 1.807) is 6.92 Å². The third kappa shape index (κ3) is 5.77. The predicted molar refractivity (Wildman–Crippen MR) is 102 cm³/mol. The Hall–Kier alpha value is -2.02. The highest BCUT2D eigenvalue weighted by molar-refractivity contribution is 5.79. The fourth-order valence-electron chi connectivity index (χ4n) is 3.03. The molecular weight excluding hydrogens is 316 g/mol. The van der Waals surface area contributed by atoms with Crippen LogP contribution in [0.1, 0.15) is 19.5 Å². The molecule has 0 saturated carbocycles. The number of carbonyl (C=O) groups is 1. The molecule has 0 aliphatic carbocycles. The lowest BCUT2D eigenvalue weighted by Crippen LogP contribution is -2.48. The van der Waals surface area contributed by atoms with Gasteiger partial charge in [0.25, 0.3) is 0 Å². The lowest BCUT2D eigenvalue weighted by molar-refractivity contribution is -0.130. The summed E-state index contributed by atoms with van der Waals surface area (Å²) in [7, 11) is 4.13. The number of aromatic nitrogens is 1. The summed E-state index contributed by atoms with van der Waals surface area (Å²) in [6, 6.07) is 4.20. The third-order valence-electron chi connectivity index (χ3n) is 4.64. The van der Waals surface area contributed by atoms with Gasteiger partial charge >= 0.3 is 0 Å². The maximum atomic E-state index is 11.4. The molecular formula is C18H32N6O. The number of aryl methyl sites for hydroxylation is 1. The molecule has 0 spiro atoms. The van der Waals surface area contributed by atoms with E-state index in [1.807, 2.05) is 4.90 Å². The Morgan fingerprint density at radius 3 is 2.60 bits per heavy atom. The van der Waals surface area contributed by atoms with Gasteiger partial charge in [-0.1, -0.05) is 0 Å². The molecule has 7 heteroatoms. The van der Waals surface area contributed by atoms with E-state index >= 15 is 0 Å². The van der Waals surface area contributed by atoms with Crippen LogP contribution in [-0.4, -0.2) is 84.0 Å². The molecule has 1 amide bonds. The standard InChI is InChI=1S/C18H32N6O/c1-5-19-18(22(4)15-17-7-6-9-21(17)3)20-8-10-23-11-13-24(14-12-23)16(2)25/h6-7,9H,5,8,10-15H2,1-4H3,(H,19,20). The van der Waals surface area contributed by atoms with Crippen molar-refractivity contribution in [1.82, 2.24) is 24.6 Å². The lowest BCUT2D eigenvalue weighted by atomic mass is 10.3. The second-order valence-electron chi connectivity index (χ2n) is 6.55. The molecule has 0 aromatic carbocycles. The molecule has 1 aliphatic rings. The molecule has 0 atom stereocenters. The first kappa shape index (κ1) is 19.3. The number of guanidine groups is 1. The van der Waals surface area contributed by atoms with Gasteiger partial charge in [0.15, 0.2) is 5.96 Å². The van der Waals surface area contributed by atoms with Crippen LogP contribution in [0.4, 0.5) is 0 Å². The van der Waals surface area contributed by atoms with Crippen molar-refractivity contribution in [3.8, 4) is 0 Å². The van der Waals surface area contributed by atoms with Crippen molar-refractivity contribution in [3.05, 3.63) is 24.0 Å². The lowest BCUT2D eigenvalue weighted by Gasteiger charge is -2.33. The molecule has 1 fully saturated rings. The molecule has 140 valence electrons. The molecule has 0 bridgehead atoms. The molecule has 0 unspecified atom stereocenters. The number of nitrogens with zero attached hydrogens (tertiary/aromatic N) is 5. The normalized spacial score (nSPS) is 16.2. The number of aliphatic imine (C=N–C) groups is 1. The summed E-state index contributed by atoms with van der Waals surface area (Å²) in [6.07, 6.45) is 2.06. The van der Waals surface area contributed by atoms with E-state index in [4.69, 9.17) is 4.99 Å². The number of nitrogens with one attached hydrogen (secondary N) is 1.